The first-order chi connectivity index (χ1) is 10.2. The van der Waals surface area contributed by atoms with Crippen LogP contribution in [0.25, 0.3) is 0 Å². The lowest BCUT2D eigenvalue weighted by molar-refractivity contribution is -0.152. The molecule has 1 amide bonds. The number of hydrogen-bond donors (Lipinski definition) is 1. The molecule has 0 bridgehead atoms. The lowest BCUT2D eigenvalue weighted by atomic mass is 9.71. The molecule has 1 saturated carbocycles. The summed E-state index contributed by atoms with van der Waals surface area (Å²) in [5, 5.41) is 9.86. The van der Waals surface area contributed by atoms with Crippen molar-refractivity contribution in [1.29, 1.82) is 0 Å². The zero-order valence-corrected chi connectivity index (χ0v) is 14.1. The Morgan fingerprint density at radius 2 is 1.73 bits per heavy atom. The predicted molar refractivity (Wildman–Crippen MR) is 83.7 cm³/mol. The highest BCUT2D eigenvalue weighted by molar-refractivity contribution is 5.78. The van der Waals surface area contributed by atoms with E-state index in [1.54, 1.807) is 4.90 Å². The maximum Gasteiger partial charge on any atom is 0.410 e. The molecule has 5 nitrogen and oxygen atoms in total. The molecule has 5 heteroatoms. The van der Waals surface area contributed by atoms with Crippen molar-refractivity contribution in [3.63, 3.8) is 0 Å². The van der Waals surface area contributed by atoms with E-state index in [0.717, 1.165) is 25.7 Å². The van der Waals surface area contributed by atoms with Crippen LogP contribution < -0.4 is 0 Å². The van der Waals surface area contributed by atoms with Crippen LogP contribution in [-0.4, -0.2) is 40.8 Å². The maximum atomic E-state index is 12.2. The molecule has 2 fully saturated rings. The smallest absolute Gasteiger partial charge is 0.410 e. The van der Waals surface area contributed by atoms with Crippen LogP contribution in [0.1, 0.15) is 65.7 Å². The molecule has 1 aliphatic carbocycles. The summed E-state index contributed by atoms with van der Waals surface area (Å²) < 4.78 is 5.40. The van der Waals surface area contributed by atoms with Crippen molar-refractivity contribution >= 4 is 12.1 Å². The Balaban J connectivity index is 2.10. The Morgan fingerprint density at radius 1 is 1.14 bits per heavy atom. The average molecular weight is 311 g/mol. The number of nitrogens with zero attached hydrogens (tertiary/aromatic N) is 1. The van der Waals surface area contributed by atoms with Crippen LogP contribution >= 0.6 is 0 Å². The van der Waals surface area contributed by atoms with Crippen LogP contribution in [-0.2, 0) is 9.53 Å². The Bertz CT molecular complexity index is 421. The van der Waals surface area contributed by atoms with Crippen LogP contribution in [0.5, 0.6) is 0 Å². The molecule has 0 radical (unpaired) electrons. The molecule has 1 unspecified atom stereocenters. The first kappa shape index (κ1) is 17.1. The minimum atomic E-state index is -0.777. The van der Waals surface area contributed by atoms with Crippen molar-refractivity contribution in [2.75, 3.05) is 13.1 Å². The quantitative estimate of drug-likeness (QED) is 0.790. The first-order valence-electron chi connectivity index (χ1n) is 8.46. The fourth-order valence-electron chi connectivity index (χ4n) is 3.83. The molecule has 126 valence electrons. The third kappa shape index (κ3) is 3.73. The monoisotopic (exact) mass is 311 g/mol. The molecule has 22 heavy (non-hydrogen) atoms. The molecule has 0 aromatic rings. The molecule has 1 saturated heterocycles. The van der Waals surface area contributed by atoms with E-state index in [4.69, 9.17) is 4.74 Å². The van der Waals surface area contributed by atoms with E-state index >= 15 is 0 Å². The summed E-state index contributed by atoms with van der Waals surface area (Å²) in [4.78, 5) is 25.8. The van der Waals surface area contributed by atoms with Gasteiger partial charge in [0.25, 0.3) is 0 Å². The van der Waals surface area contributed by atoms with Crippen LogP contribution in [0.3, 0.4) is 0 Å². The number of ether oxygens (including phenoxy) is 1. The zero-order valence-electron chi connectivity index (χ0n) is 14.1. The van der Waals surface area contributed by atoms with Crippen LogP contribution in [0.2, 0.25) is 0 Å². The summed E-state index contributed by atoms with van der Waals surface area (Å²) in [5.41, 5.74) is -1.32. The van der Waals surface area contributed by atoms with Gasteiger partial charge in [-0.3, -0.25) is 4.79 Å². The fourth-order valence-corrected chi connectivity index (χ4v) is 3.83. The van der Waals surface area contributed by atoms with Crippen LogP contribution in [0.4, 0.5) is 4.79 Å². The largest absolute Gasteiger partial charge is 0.481 e. The second-order valence-electron chi connectivity index (χ2n) is 7.80. The number of likely N-dealkylation sites (tertiary alicyclic amines) is 1. The number of carbonyl (C=O) groups excluding carboxylic acids is 1. The second-order valence-corrected chi connectivity index (χ2v) is 7.80. The number of carboxylic acids is 1. The molecular formula is C17H29NO4. The minimum Gasteiger partial charge on any atom is -0.481 e. The van der Waals surface area contributed by atoms with Crippen molar-refractivity contribution in [3.05, 3.63) is 0 Å². The first-order valence-corrected chi connectivity index (χ1v) is 8.46. The molecular weight excluding hydrogens is 282 g/mol. The van der Waals surface area contributed by atoms with E-state index in [2.05, 4.69) is 0 Å². The highest BCUT2D eigenvalue weighted by Crippen LogP contribution is 2.45. The second kappa shape index (κ2) is 6.47. The lowest BCUT2D eigenvalue weighted by Crippen LogP contribution is -2.43. The number of carboxylic acid groups (broad SMARTS) is 1. The van der Waals surface area contributed by atoms with Gasteiger partial charge in [-0.15, -0.1) is 0 Å². The van der Waals surface area contributed by atoms with E-state index in [1.807, 2.05) is 20.8 Å². The molecule has 0 aromatic heterocycles. The van der Waals surface area contributed by atoms with E-state index < -0.39 is 17.0 Å². The molecule has 2 aliphatic rings. The number of rotatable bonds is 2. The summed E-state index contributed by atoms with van der Waals surface area (Å²) in [7, 11) is 0. The van der Waals surface area contributed by atoms with Gasteiger partial charge in [-0.25, -0.2) is 4.79 Å². The van der Waals surface area contributed by atoms with Gasteiger partial charge in [0, 0.05) is 13.1 Å². The zero-order chi connectivity index (χ0) is 16.4. The fraction of sp³-hybridized carbons (Fsp3) is 0.882. The average Bonchev–Trinajstić information content (AvgIpc) is 2.68. The Kier molecular flexibility index (Phi) is 5.03. The number of carbonyl (C=O) groups is 2. The summed E-state index contributed by atoms with van der Waals surface area (Å²) in [5.74, 6) is -0.564. The maximum absolute atomic E-state index is 12.2. The van der Waals surface area contributed by atoms with Gasteiger partial charge in [0.05, 0.1) is 5.41 Å². The summed E-state index contributed by atoms with van der Waals surface area (Å²) >= 11 is 0. The summed E-state index contributed by atoms with van der Waals surface area (Å²) in [6.07, 6.45) is 6.70. The van der Waals surface area contributed by atoms with Crippen molar-refractivity contribution in [1.82, 2.24) is 4.90 Å². The topological polar surface area (TPSA) is 66.8 Å². The molecule has 1 N–H and O–H groups in total. The van der Waals surface area contributed by atoms with Gasteiger partial charge in [-0.05, 0) is 46.0 Å². The van der Waals surface area contributed by atoms with Crippen molar-refractivity contribution in [2.45, 2.75) is 71.3 Å². The third-order valence-corrected chi connectivity index (χ3v) is 5.02. The van der Waals surface area contributed by atoms with Crippen molar-refractivity contribution < 1.29 is 19.4 Å². The van der Waals surface area contributed by atoms with Crippen molar-refractivity contribution in [3.8, 4) is 0 Å². The van der Waals surface area contributed by atoms with E-state index in [0.29, 0.717) is 19.5 Å². The van der Waals surface area contributed by atoms with Crippen LogP contribution in [0.15, 0.2) is 0 Å². The lowest BCUT2D eigenvalue weighted by Gasteiger charge is -2.33. The molecule has 2 rings (SSSR count). The van der Waals surface area contributed by atoms with E-state index in [-0.39, 0.29) is 12.0 Å². The van der Waals surface area contributed by atoms with Gasteiger partial charge in [0.15, 0.2) is 0 Å². The van der Waals surface area contributed by atoms with Gasteiger partial charge >= 0.3 is 12.1 Å². The normalized spacial score (nSPS) is 27.5. The Morgan fingerprint density at radius 3 is 2.23 bits per heavy atom. The highest BCUT2D eigenvalue weighted by Gasteiger charge is 2.51. The number of aliphatic carboxylic acids is 1. The van der Waals surface area contributed by atoms with Crippen molar-refractivity contribution in [2.24, 2.45) is 11.3 Å². The number of hydrogen-bond acceptors (Lipinski definition) is 3. The third-order valence-electron chi connectivity index (χ3n) is 5.02. The summed E-state index contributed by atoms with van der Waals surface area (Å²) in [6, 6.07) is 0. The van der Waals surface area contributed by atoms with Gasteiger partial charge in [-0.1, -0.05) is 25.7 Å². The molecule has 1 aliphatic heterocycles. The molecule has 0 spiro atoms. The van der Waals surface area contributed by atoms with E-state index in [9.17, 15) is 14.7 Å². The SMILES string of the molecule is CC(C)(C)OC(=O)N1CCC(C(=O)O)(C2CCCCCC2)C1. The molecule has 1 heterocycles. The highest BCUT2D eigenvalue weighted by atomic mass is 16.6. The van der Waals surface area contributed by atoms with Gasteiger partial charge < -0.3 is 14.7 Å². The van der Waals surface area contributed by atoms with Gasteiger partial charge in [-0.2, -0.15) is 0 Å². The standard InChI is InChI=1S/C17H29NO4/c1-16(2,3)22-15(21)18-11-10-17(12-18,14(19)20)13-8-6-4-5-7-9-13/h13H,4-12H2,1-3H3,(H,19,20). The summed E-state index contributed by atoms with van der Waals surface area (Å²) in [6.45, 7) is 6.27. The van der Waals surface area contributed by atoms with Gasteiger partial charge in [0.1, 0.15) is 5.60 Å². The Hall–Kier alpha value is -1.26. The predicted octanol–water partition coefficient (Wildman–Crippen LogP) is 3.67. The Labute approximate surface area is 133 Å². The molecule has 0 aromatic carbocycles. The van der Waals surface area contributed by atoms with E-state index in [1.165, 1.54) is 12.8 Å². The molecule has 1 atom stereocenters. The van der Waals surface area contributed by atoms with Gasteiger partial charge in [0.2, 0.25) is 0 Å². The minimum absolute atomic E-state index is 0.180. The van der Waals surface area contributed by atoms with Crippen LogP contribution in [0, 0.1) is 11.3 Å². The number of amides is 1.